The van der Waals surface area contributed by atoms with Gasteiger partial charge < -0.3 is 25.4 Å². The van der Waals surface area contributed by atoms with Gasteiger partial charge in [0.25, 0.3) is 0 Å². The number of likely N-dealkylation sites (N-methyl/N-ethyl adjacent to an activating group) is 1. The second-order valence-electron chi connectivity index (χ2n) is 11.3. The number of nitrogens with one attached hydrogen (secondary N) is 2. The van der Waals surface area contributed by atoms with Crippen LogP contribution in [0.25, 0.3) is 0 Å². The topological polar surface area (TPSA) is 94.1 Å². The molecule has 4 rings (SSSR count). The molecule has 3 amide bonds. The number of aliphatic hydroxyl groups excluding tert-OH is 1. The van der Waals surface area contributed by atoms with Crippen LogP contribution in [0.5, 0.6) is 5.75 Å². The number of halogens is 5. The van der Waals surface area contributed by atoms with E-state index in [0.717, 1.165) is 29.8 Å². The van der Waals surface area contributed by atoms with Crippen molar-refractivity contribution in [3.63, 3.8) is 0 Å². The van der Waals surface area contributed by atoms with Crippen LogP contribution >= 0.6 is 23.2 Å². The molecule has 13 heteroatoms. The third-order valence-electron chi connectivity index (χ3n) is 7.57. The number of carbonyl (C=O) groups excluding carboxylic acids is 2. The van der Waals surface area contributed by atoms with Crippen molar-refractivity contribution in [2.24, 2.45) is 5.92 Å². The fourth-order valence-corrected chi connectivity index (χ4v) is 5.40. The van der Waals surface area contributed by atoms with Crippen molar-refractivity contribution in [1.29, 1.82) is 0 Å². The SMILES string of the molecule is C[C@H]1CN([C@@H](C)CO)C(=O)Cc2cc(NC(=O)Nc3ccc(C(F)(F)F)cc3)ccc2O[C@@H]1CN(C)Cc1ccc(Cl)c(Cl)c1. The monoisotopic (exact) mass is 666 g/mol. The van der Waals surface area contributed by atoms with Crippen molar-refractivity contribution >= 4 is 46.5 Å². The Morgan fingerprint density at radius 1 is 1.07 bits per heavy atom. The number of alkyl halides is 3. The Hall–Kier alpha value is -3.51. The number of rotatable bonds is 8. The molecule has 1 aliphatic heterocycles. The van der Waals surface area contributed by atoms with Crippen LogP contribution in [-0.4, -0.2) is 65.7 Å². The molecule has 0 aromatic heterocycles. The molecule has 0 spiro atoms. The third kappa shape index (κ3) is 9.26. The number of anilines is 2. The van der Waals surface area contributed by atoms with Crippen LogP contribution in [0.3, 0.4) is 0 Å². The van der Waals surface area contributed by atoms with E-state index in [4.69, 9.17) is 27.9 Å². The van der Waals surface area contributed by atoms with Gasteiger partial charge in [-0.25, -0.2) is 4.79 Å². The first-order valence-electron chi connectivity index (χ1n) is 14.3. The molecule has 0 saturated carbocycles. The molecule has 0 saturated heterocycles. The molecule has 0 aliphatic carbocycles. The molecule has 3 N–H and O–H groups in total. The van der Waals surface area contributed by atoms with Crippen LogP contribution in [-0.2, 0) is 23.9 Å². The van der Waals surface area contributed by atoms with E-state index in [0.29, 0.717) is 46.7 Å². The maximum Gasteiger partial charge on any atom is 0.416 e. The van der Waals surface area contributed by atoms with E-state index in [1.165, 1.54) is 0 Å². The summed E-state index contributed by atoms with van der Waals surface area (Å²) in [6.07, 6.45) is -4.87. The number of carbonyl (C=O) groups is 2. The van der Waals surface area contributed by atoms with Gasteiger partial charge in [0.05, 0.1) is 34.7 Å². The van der Waals surface area contributed by atoms with E-state index in [1.54, 1.807) is 36.1 Å². The van der Waals surface area contributed by atoms with Crippen LogP contribution in [0.15, 0.2) is 60.7 Å². The number of aliphatic hydroxyl groups is 1. The molecule has 0 fully saturated rings. The number of fused-ring (bicyclic) bond motifs is 1. The highest BCUT2D eigenvalue weighted by atomic mass is 35.5. The van der Waals surface area contributed by atoms with Gasteiger partial charge in [0.1, 0.15) is 11.9 Å². The van der Waals surface area contributed by atoms with Gasteiger partial charge in [0.2, 0.25) is 5.91 Å². The van der Waals surface area contributed by atoms with Gasteiger partial charge in [-0.15, -0.1) is 0 Å². The van der Waals surface area contributed by atoms with Crippen LogP contribution in [0.4, 0.5) is 29.3 Å². The number of hydrogen-bond donors (Lipinski definition) is 3. The Labute approximate surface area is 270 Å². The van der Waals surface area contributed by atoms with Gasteiger partial charge in [-0.3, -0.25) is 9.69 Å². The highest BCUT2D eigenvalue weighted by Crippen LogP contribution is 2.31. The highest BCUT2D eigenvalue weighted by molar-refractivity contribution is 6.42. The maximum absolute atomic E-state index is 13.5. The Morgan fingerprint density at radius 3 is 2.38 bits per heavy atom. The largest absolute Gasteiger partial charge is 0.488 e. The fraction of sp³-hybridized carbons (Fsp3) is 0.375. The molecule has 1 heterocycles. The maximum atomic E-state index is 13.5. The fourth-order valence-electron chi connectivity index (χ4n) is 5.08. The van der Waals surface area contributed by atoms with E-state index in [1.807, 2.05) is 26.1 Å². The van der Waals surface area contributed by atoms with E-state index in [-0.39, 0.29) is 36.6 Å². The summed E-state index contributed by atoms with van der Waals surface area (Å²) in [6.45, 7) is 5.00. The van der Waals surface area contributed by atoms with Crippen molar-refractivity contribution in [2.45, 2.75) is 45.1 Å². The number of urea groups is 1. The second kappa shape index (κ2) is 14.7. The summed E-state index contributed by atoms with van der Waals surface area (Å²) in [5.41, 5.74) is 1.22. The number of ether oxygens (including phenoxy) is 1. The van der Waals surface area contributed by atoms with Gasteiger partial charge in [0, 0.05) is 42.5 Å². The zero-order chi connectivity index (χ0) is 32.9. The molecule has 45 heavy (non-hydrogen) atoms. The van der Waals surface area contributed by atoms with Crippen LogP contribution < -0.4 is 15.4 Å². The quantitative estimate of drug-likeness (QED) is 0.242. The van der Waals surface area contributed by atoms with Gasteiger partial charge in [-0.1, -0.05) is 36.2 Å². The van der Waals surface area contributed by atoms with E-state index in [9.17, 15) is 27.9 Å². The molecule has 242 valence electrons. The Morgan fingerprint density at radius 2 is 1.73 bits per heavy atom. The molecular formula is C32H35Cl2F3N4O4. The number of nitrogens with zero attached hydrogens (tertiary/aromatic N) is 2. The highest BCUT2D eigenvalue weighted by Gasteiger charge is 2.32. The van der Waals surface area contributed by atoms with E-state index < -0.39 is 23.8 Å². The lowest BCUT2D eigenvalue weighted by Gasteiger charge is -2.34. The molecule has 8 nitrogen and oxygen atoms in total. The van der Waals surface area contributed by atoms with Gasteiger partial charge in [-0.05, 0) is 74.1 Å². The van der Waals surface area contributed by atoms with Crippen molar-refractivity contribution in [1.82, 2.24) is 9.80 Å². The number of amides is 3. The summed E-state index contributed by atoms with van der Waals surface area (Å²) in [5, 5.41) is 16.0. The Bertz CT molecular complexity index is 1510. The predicted octanol–water partition coefficient (Wildman–Crippen LogP) is 6.94. The minimum Gasteiger partial charge on any atom is -0.488 e. The minimum atomic E-state index is -4.48. The summed E-state index contributed by atoms with van der Waals surface area (Å²) >= 11 is 12.3. The summed E-state index contributed by atoms with van der Waals surface area (Å²) in [7, 11) is 1.95. The zero-order valence-corrected chi connectivity index (χ0v) is 26.5. The van der Waals surface area contributed by atoms with Crippen molar-refractivity contribution in [2.75, 3.05) is 37.4 Å². The van der Waals surface area contributed by atoms with Crippen LogP contribution in [0.2, 0.25) is 10.0 Å². The molecule has 3 atom stereocenters. The molecule has 1 aliphatic rings. The average molecular weight is 668 g/mol. The van der Waals surface area contributed by atoms with Crippen molar-refractivity contribution in [3.8, 4) is 5.75 Å². The van der Waals surface area contributed by atoms with Gasteiger partial charge in [-0.2, -0.15) is 13.2 Å². The summed E-state index contributed by atoms with van der Waals surface area (Å²) < 4.78 is 45.1. The number of benzene rings is 3. The second-order valence-corrected chi connectivity index (χ2v) is 12.1. The number of hydrogen-bond acceptors (Lipinski definition) is 5. The summed E-state index contributed by atoms with van der Waals surface area (Å²) in [6, 6.07) is 13.4. The molecule has 0 radical (unpaired) electrons. The van der Waals surface area contributed by atoms with E-state index >= 15 is 0 Å². The summed E-state index contributed by atoms with van der Waals surface area (Å²) in [4.78, 5) is 29.9. The van der Waals surface area contributed by atoms with Crippen molar-refractivity contribution < 1.29 is 32.6 Å². The molecule has 3 aromatic carbocycles. The van der Waals surface area contributed by atoms with Gasteiger partial charge in [0.15, 0.2) is 0 Å². The standard InChI is InChI=1S/C32H35Cl2F3N4O4/c1-19-15-41(20(2)18-42)30(43)14-22-13-25(39-31(44)38-24-7-5-23(6-8-24)32(35,36)37)9-11-28(22)45-29(19)17-40(3)16-21-4-10-26(33)27(34)12-21/h4-13,19-20,29,42H,14-18H2,1-3H3,(H2,38,39,44)/t19-,20-,29+/m0/s1. The Balaban J connectivity index is 1.54. The van der Waals surface area contributed by atoms with Crippen molar-refractivity contribution in [3.05, 3.63) is 87.4 Å². The first-order chi connectivity index (χ1) is 21.2. The lowest BCUT2D eigenvalue weighted by Crippen LogP contribution is -2.47. The zero-order valence-electron chi connectivity index (χ0n) is 25.0. The van der Waals surface area contributed by atoms with Crippen LogP contribution in [0.1, 0.15) is 30.5 Å². The molecule has 0 bridgehead atoms. The molecule has 3 aromatic rings. The first kappa shape index (κ1) is 34.4. The third-order valence-corrected chi connectivity index (χ3v) is 8.31. The van der Waals surface area contributed by atoms with Crippen LogP contribution in [0, 0.1) is 5.92 Å². The Kier molecular flexibility index (Phi) is 11.2. The molecular weight excluding hydrogens is 632 g/mol. The smallest absolute Gasteiger partial charge is 0.416 e. The molecule has 0 unspecified atom stereocenters. The lowest BCUT2D eigenvalue weighted by molar-refractivity contribution is -0.137. The predicted molar refractivity (Wildman–Crippen MR) is 169 cm³/mol. The van der Waals surface area contributed by atoms with Gasteiger partial charge >= 0.3 is 12.2 Å². The lowest BCUT2D eigenvalue weighted by atomic mass is 10.0. The summed E-state index contributed by atoms with van der Waals surface area (Å²) in [5.74, 6) is 0.164. The average Bonchev–Trinajstić information content (AvgIpc) is 3.01. The minimum absolute atomic E-state index is 0.0335. The first-order valence-corrected chi connectivity index (χ1v) is 15.1. The van der Waals surface area contributed by atoms with E-state index in [2.05, 4.69) is 15.5 Å². The normalized spacial score (nSPS) is 17.9.